The molecule has 3 heteroatoms. The van der Waals surface area contributed by atoms with E-state index in [1.807, 2.05) is 20.0 Å². The van der Waals surface area contributed by atoms with Crippen LogP contribution in [0.5, 0.6) is 0 Å². The van der Waals surface area contributed by atoms with Crippen LogP contribution in [-0.4, -0.2) is 35.4 Å². The van der Waals surface area contributed by atoms with Crippen molar-refractivity contribution in [2.75, 3.05) is 20.1 Å². The molecule has 2 aliphatic rings. The van der Waals surface area contributed by atoms with Crippen molar-refractivity contribution in [2.45, 2.75) is 39.5 Å². The second kappa shape index (κ2) is 5.60. The van der Waals surface area contributed by atoms with Crippen LogP contribution in [0.25, 0.3) is 0 Å². The van der Waals surface area contributed by atoms with Crippen molar-refractivity contribution in [1.29, 1.82) is 0 Å². The minimum atomic E-state index is 0.266. The van der Waals surface area contributed by atoms with Gasteiger partial charge in [0, 0.05) is 30.5 Å². The Morgan fingerprint density at radius 3 is 2.62 bits per heavy atom. The van der Waals surface area contributed by atoms with Crippen LogP contribution in [0.15, 0.2) is 6.07 Å². The number of hydrogen-bond donors (Lipinski definition) is 0. The van der Waals surface area contributed by atoms with Crippen LogP contribution in [0.1, 0.15) is 47.4 Å². The lowest BCUT2D eigenvalue weighted by atomic mass is 9.88. The Morgan fingerprint density at radius 1 is 1.33 bits per heavy atom. The van der Waals surface area contributed by atoms with Gasteiger partial charge in [0.1, 0.15) is 0 Å². The maximum Gasteiger partial charge on any atom is 0.178 e. The Labute approximate surface area is 128 Å². The molecule has 1 heterocycles. The van der Waals surface area contributed by atoms with E-state index in [2.05, 4.69) is 23.4 Å². The molecule has 0 radical (unpaired) electrons. The smallest absolute Gasteiger partial charge is 0.178 e. The number of rotatable bonds is 5. The maximum atomic E-state index is 12.5. The number of fused-ring (bicyclic) bond motifs is 2. The van der Waals surface area contributed by atoms with Crippen LogP contribution in [0.4, 0.5) is 0 Å². The molecule has 3 nitrogen and oxygen atoms in total. The number of carbonyl (C=O) groups is 1. The zero-order chi connectivity index (χ0) is 15.1. The first-order valence-corrected chi connectivity index (χ1v) is 8.30. The molecule has 0 spiro atoms. The molecular weight excluding hydrogens is 260 g/mol. The van der Waals surface area contributed by atoms with E-state index >= 15 is 0 Å². The Kier molecular flexibility index (Phi) is 3.96. The molecule has 2 saturated carbocycles. The minimum absolute atomic E-state index is 0.266. The summed E-state index contributed by atoms with van der Waals surface area (Å²) in [6.45, 7) is 5.74. The zero-order valence-corrected chi connectivity index (χ0v) is 13.9. The van der Waals surface area contributed by atoms with E-state index in [1.165, 1.54) is 25.7 Å². The average molecular weight is 288 g/mol. The summed E-state index contributed by atoms with van der Waals surface area (Å²) in [5.41, 5.74) is 3.15. The van der Waals surface area contributed by atoms with E-state index in [4.69, 9.17) is 0 Å². The van der Waals surface area contributed by atoms with Gasteiger partial charge in [-0.15, -0.1) is 0 Å². The summed E-state index contributed by atoms with van der Waals surface area (Å²) in [7, 11) is 4.13. The van der Waals surface area contributed by atoms with Gasteiger partial charge in [-0.25, -0.2) is 0 Å². The summed E-state index contributed by atoms with van der Waals surface area (Å²) >= 11 is 0. The van der Waals surface area contributed by atoms with Crippen molar-refractivity contribution in [3.05, 3.63) is 23.0 Å². The van der Waals surface area contributed by atoms with Crippen molar-refractivity contribution in [1.82, 2.24) is 9.47 Å². The summed E-state index contributed by atoms with van der Waals surface area (Å²) in [6.07, 6.45) is 5.72. The number of likely N-dealkylation sites (N-methyl/N-ethyl adjacent to an activating group) is 1. The lowest BCUT2D eigenvalue weighted by molar-refractivity contribution is 0.0928. The van der Waals surface area contributed by atoms with Gasteiger partial charge in [-0.2, -0.15) is 0 Å². The van der Waals surface area contributed by atoms with Crippen LogP contribution >= 0.6 is 0 Å². The highest BCUT2D eigenvalue weighted by molar-refractivity contribution is 5.99. The fourth-order valence-corrected chi connectivity index (χ4v) is 4.53. The Hall–Kier alpha value is -1.09. The molecule has 0 aliphatic heterocycles. The van der Waals surface area contributed by atoms with Gasteiger partial charge in [0.15, 0.2) is 5.78 Å². The summed E-state index contributed by atoms with van der Waals surface area (Å²) in [6, 6.07) is 2.03. The quantitative estimate of drug-likeness (QED) is 0.777. The number of hydrogen-bond acceptors (Lipinski definition) is 2. The van der Waals surface area contributed by atoms with E-state index in [0.717, 1.165) is 41.2 Å². The van der Waals surface area contributed by atoms with Gasteiger partial charge in [0.05, 0.1) is 6.54 Å². The van der Waals surface area contributed by atoms with Crippen LogP contribution in [0, 0.1) is 31.6 Å². The molecule has 3 atom stereocenters. The summed E-state index contributed by atoms with van der Waals surface area (Å²) in [5.74, 6) is 3.03. The van der Waals surface area contributed by atoms with Crippen molar-refractivity contribution < 1.29 is 4.79 Å². The lowest BCUT2D eigenvalue weighted by Crippen LogP contribution is -2.33. The van der Waals surface area contributed by atoms with Crippen LogP contribution < -0.4 is 0 Å². The van der Waals surface area contributed by atoms with Crippen molar-refractivity contribution >= 4 is 5.78 Å². The third kappa shape index (κ3) is 2.80. The molecule has 2 bridgehead atoms. The third-order valence-corrected chi connectivity index (χ3v) is 5.92. The largest absolute Gasteiger partial charge is 0.351 e. The van der Waals surface area contributed by atoms with Gasteiger partial charge < -0.3 is 4.57 Å². The van der Waals surface area contributed by atoms with Crippen LogP contribution in [0.3, 0.4) is 0 Å². The maximum absolute atomic E-state index is 12.5. The highest BCUT2D eigenvalue weighted by Gasteiger charge is 2.39. The molecular formula is C18H28N2O. The molecule has 116 valence electrons. The first-order chi connectivity index (χ1) is 9.95. The molecule has 3 rings (SSSR count). The Balaban J connectivity index is 1.58. The molecule has 0 saturated heterocycles. The number of aromatic nitrogens is 1. The van der Waals surface area contributed by atoms with E-state index in [9.17, 15) is 4.79 Å². The second-order valence-corrected chi connectivity index (χ2v) is 7.40. The van der Waals surface area contributed by atoms with Crippen molar-refractivity contribution in [3.8, 4) is 0 Å². The van der Waals surface area contributed by atoms with E-state index in [-0.39, 0.29) is 5.78 Å². The van der Waals surface area contributed by atoms with E-state index in [0.29, 0.717) is 6.54 Å². The number of carbonyl (C=O) groups excluding carboxylic acids is 1. The number of Topliss-reactive ketones (excluding diaryl/α,β-unsaturated/α-hetero) is 1. The summed E-state index contributed by atoms with van der Waals surface area (Å²) < 4.78 is 2.10. The number of aryl methyl sites for hydroxylation is 1. The van der Waals surface area contributed by atoms with Gasteiger partial charge in [-0.3, -0.25) is 9.69 Å². The molecule has 2 fully saturated rings. The van der Waals surface area contributed by atoms with Gasteiger partial charge in [0.25, 0.3) is 0 Å². The van der Waals surface area contributed by atoms with Gasteiger partial charge in [0.2, 0.25) is 0 Å². The molecule has 3 unspecified atom stereocenters. The average Bonchev–Trinajstić information content (AvgIpc) is 3.10. The third-order valence-electron chi connectivity index (χ3n) is 5.92. The fourth-order valence-electron chi connectivity index (χ4n) is 4.53. The number of nitrogens with zero attached hydrogens (tertiary/aromatic N) is 2. The SMILES string of the molecule is Cc1cc(C(=O)CN(C)CC2CC3CCC2C3)c(C)n1C. The monoisotopic (exact) mass is 288 g/mol. The molecule has 0 N–H and O–H groups in total. The molecule has 0 aromatic carbocycles. The highest BCUT2D eigenvalue weighted by atomic mass is 16.1. The zero-order valence-electron chi connectivity index (χ0n) is 13.9. The first-order valence-electron chi connectivity index (χ1n) is 8.30. The molecule has 2 aliphatic carbocycles. The second-order valence-electron chi connectivity index (χ2n) is 7.40. The van der Waals surface area contributed by atoms with Gasteiger partial charge in [-0.1, -0.05) is 6.42 Å². The van der Waals surface area contributed by atoms with Gasteiger partial charge in [-0.05, 0) is 64.0 Å². The predicted octanol–water partition coefficient (Wildman–Crippen LogP) is 3.19. The number of ketones is 1. The Morgan fingerprint density at radius 2 is 2.10 bits per heavy atom. The Bertz CT molecular complexity index is 546. The summed E-state index contributed by atoms with van der Waals surface area (Å²) in [5, 5.41) is 0. The van der Waals surface area contributed by atoms with Gasteiger partial charge >= 0.3 is 0 Å². The topological polar surface area (TPSA) is 25.2 Å². The van der Waals surface area contributed by atoms with E-state index in [1.54, 1.807) is 0 Å². The fraction of sp³-hybridized carbons (Fsp3) is 0.722. The predicted molar refractivity (Wildman–Crippen MR) is 85.7 cm³/mol. The van der Waals surface area contributed by atoms with Crippen molar-refractivity contribution in [2.24, 2.45) is 24.8 Å². The van der Waals surface area contributed by atoms with Crippen LogP contribution in [0.2, 0.25) is 0 Å². The first kappa shape index (κ1) is 14.8. The minimum Gasteiger partial charge on any atom is -0.351 e. The molecule has 0 amide bonds. The van der Waals surface area contributed by atoms with E-state index < -0.39 is 0 Å². The standard InChI is InChI=1S/C18H28N2O/c1-12-7-17(13(2)20(12)4)18(21)11-19(3)10-16-9-14-5-6-15(16)8-14/h7,14-16H,5-6,8-11H2,1-4H3. The molecule has 1 aromatic heterocycles. The van der Waals surface area contributed by atoms with Crippen LogP contribution in [-0.2, 0) is 7.05 Å². The molecule has 21 heavy (non-hydrogen) atoms. The normalized spacial score (nSPS) is 27.8. The lowest BCUT2D eigenvalue weighted by Gasteiger charge is -2.26. The summed E-state index contributed by atoms with van der Waals surface area (Å²) in [4.78, 5) is 14.8. The molecule has 1 aromatic rings. The highest BCUT2D eigenvalue weighted by Crippen LogP contribution is 2.48. The van der Waals surface area contributed by atoms with Crippen molar-refractivity contribution in [3.63, 3.8) is 0 Å².